The molecule has 0 radical (unpaired) electrons. The van der Waals surface area contributed by atoms with E-state index in [1.165, 1.54) is 11.3 Å². The van der Waals surface area contributed by atoms with E-state index in [1.54, 1.807) is 24.3 Å². The molecule has 1 aromatic carbocycles. The number of hydrogen-bond donors (Lipinski definition) is 2. The zero-order chi connectivity index (χ0) is 12.7. The van der Waals surface area contributed by atoms with Crippen LogP contribution in [-0.2, 0) is 4.79 Å². The van der Waals surface area contributed by atoms with E-state index in [0.717, 1.165) is 0 Å². The number of hydrogen-bond acceptors (Lipinski definition) is 3. The van der Waals surface area contributed by atoms with Gasteiger partial charge in [0.25, 0.3) is 5.91 Å². The van der Waals surface area contributed by atoms with Crippen LogP contribution in [0.1, 0.15) is 10.4 Å². The van der Waals surface area contributed by atoms with Gasteiger partial charge < -0.3 is 10.4 Å². The van der Waals surface area contributed by atoms with Crippen molar-refractivity contribution in [3.63, 3.8) is 0 Å². The average Bonchev–Trinajstić information content (AvgIpc) is 2.94. The van der Waals surface area contributed by atoms with Gasteiger partial charge in [-0.05, 0) is 29.6 Å². The molecule has 0 fully saturated rings. The number of rotatable bonds is 1. The van der Waals surface area contributed by atoms with Crippen LogP contribution in [0.25, 0.3) is 11.3 Å². The molecule has 0 unspecified atom stereocenters. The van der Waals surface area contributed by atoms with Gasteiger partial charge in [-0.1, -0.05) is 17.7 Å². The summed E-state index contributed by atoms with van der Waals surface area (Å²) in [6.07, 6.45) is 0. The number of aliphatic hydroxyl groups excluding tert-OH is 1. The Bertz CT molecular complexity index is 662. The van der Waals surface area contributed by atoms with Crippen LogP contribution in [0.2, 0.25) is 5.02 Å². The minimum atomic E-state index is -0.307. The van der Waals surface area contributed by atoms with E-state index in [2.05, 4.69) is 5.32 Å². The molecule has 3 nitrogen and oxygen atoms in total. The van der Waals surface area contributed by atoms with Crippen LogP contribution in [-0.4, -0.2) is 11.0 Å². The van der Waals surface area contributed by atoms with Crippen LogP contribution in [0.3, 0.4) is 0 Å². The fourth-order valence-corrected chi connectivity index (χ4v) is 2.76. The number of fused-ring (bicyclic) bond motifs is 1. The molecular formula is C13H8ClNO2S. The van der Waals surface area contributed by atoms with Gasteiger partial charge in [-0.3, -0.25) is 4.79 Å². The predicted octanol–water partition coefficient (Wildman–Crippen LogP) is 3.78. The van der Waals surface area contributed by atoms with Crippen molar-refractivity contribution in [2.75, 3.05) is 5.32 Å². The lowest BCUT2D eigenvalue weighted by Crippen LogP contribution is -2.05. The Morgan fingerprint density at radius 1 is 1.33 bits per heavy atom. The van der Waals surface area contributed by atoms with Gasteiger partial charge in [0.15, 0.2) is 0 Å². The molecule has 5 heteroatoms. The van der Waals surface area contributed by atoms with Gasteiger partial charge in [-0.15, -0.1) is 11.3 Å². The largest absolute Gasteiger partial charge is 0.506 e. The first kappa shape index (κ1) is 11.3. The quantitative estimate of drug-likeness (QED) is 0.616. The molecule has 1 aliphatic heterocycles. The topological polar surface area (TPSA) is 49.3 Å². The molecule has 0 atom stereocenters. The number of carbonyl (C=O) groups is 1. The average molecular weight is 278 g/mol. The monoisotopic (exact) mass is 277 g/mol. The van der Waals surface area contributed by atoms with E-state index in [1.807, 2.05) is 11.4 Å². The number of carbonyl (C=O) groups excluding carboxylic acids is 1. The first-order valence-electron chi connectivity index (χ1n) is 5.25. The second kappa shape index (κ2) is 4.15. The summed E-state index contributed by atoms with van der Waals surface area (Å²) >= 11 is 7.30. The van der Waals surface area contributed by atoms with Gasteiger partial charge in [0.05, 0.1) is 10.5 Å². The third-order valence-electron chi connectivity index (χ3n) is 2.72. The fraction of sp³-hybridized carbons (Fsp3) is 0. The SMILES string of the molecule is O=C1Nc2ccc(Cl)cc2C1=C(O)c1cccs1. The third kappa shape index (κ3) is 1.70. The maximum Gasteiger partial charge on any atom is 0.260 e. The van der Waals surface area contributed by atoms with Gasteiger partial charge in [0.1, 0.15) is 5.76 Å². The number of anilines is 1. The molecule has 2 aromatic rings. The molecule has 2 N–H and O–H groups in total. The van der Waals surface area contributed by atoms with Crippen LogP contribution in [0, 0.1) is 0 Å². The van der Waals surface area contributed by atoms with Crippen LogP contribution in [0.4, 0.5) is 5.69 Å². The second-order valence-corrected chi connectivity index (χ2v) is 5.23. The Hall–Kier alpha value is -1.78. The number of aliphatic hydroxyl groups is 1. The van der Waals surface area contributed by atoms with Gasteiger partial charge in [0, 0.05) is 16.3 Å². The standard InChI is InChI=1S/C13H8ClNO2S/c14-7-3-4-9-8(6-7)11(13(17)15-9)12(16)10-2-1-5-18-10/h1-6,16H,(H,15,17). The number of halogens is 1. The van der Waals surface area contributed by atoms with Crippen LogP contribution < -0.4 is 5.32 Å². The highest BCUT2D eigenvalue weighted by Crippen LogP contribution is 2.38. The molecule has 1 aromatic heterocycles. The Balaban J connectivity index is 2.23. The normalized spacial score (nSPS) is 16.4. The van der Waals surface area contributed by atoms with Gasteiger partial charge >= 0.3 is 0 Å². The highest BCUT2D eigenvalue weighted by Gasteiger charge is 2.28. The summed E-state index contributed by atoms with van der Waals surface area (Å²) in [4.78, 5) is 12.6. The molecule has 3 rings (SSSR count). The Morgan fingerprint density at radius 3 is 2.89 bits per heavy atom. The molecule has 2 heterocycles. The third-order valence-corrected chi connectivity index (χ3v) is 3.83. The Morgan fingerprint density at radius 2 is 2.17 bits per heavy atom. The smallest absolute Gasteiger partial charge is 0.260 e. The summed E-state index contributed by atoms with van der Waals surface area (Å²) in [5.41, 5.74) is 1.58. The summed E-state index contributed by atoms with van der Waals surface area (Å²) in [6.45, 7) is 0. The van der Waals surface area contributed by atoms with Crippen molar-refractivity contribution < 1.29 is 9.90 Å². The lowest BCUT2D eigenvalue weighted by atomic mass is 10.1. The first-order valence-corrected chi connectivity index (χ1v) is 6.51. The fourth-order valence-electron chi connectivity index (χ4n) is 1.91. The highest BCUT2D eigenvalue weighted by atomic mass is 35.5. The molecule has 18 heavy (non-hydrogen) atoms. The van der Waals surface area contributed by atoms with Crippen molar-refractivity contribution in [2.45, 2.75) is 0 Å². The molecule has 0 aliphatic carbocycles. The molecule has 0 spiro atoms. The van der Waals surface area contributed by atoms with Crippen LogP contribution in [0.5, 0.6) is 0 Å². The zero-order valence-electron chi connectivity index (χ0n) is 9.11. The summed E-state index contributed by atoms with van der Waals surface area (Å²) in [5, 5.41) is 15.3. The van der Waals surface area contributed by atoms with E-state index in [9.17, 15) is 9.90 Å². The zero-order valence-corrected chi connectivity index (χ0v) is 10.7. The summed E-state index contributed by atoms with van der Waals surface area (Å²) < 4.78 is 0. The summed E-state index contributed by atoms with van der Waals surface area (Å²) in [5.74, 6) is -0.318. The number of nitrogens with one attached hydrogen (secondary N) is 1. The number of amides is 1. The second-order valence-electron chi connectivity index (χ2n) is 3.84. The van der Waals surface area contributed by atoms with Crippen molar-refractivity contribution in [1.29, 1.82) is 0 Å². The predicted molar refractivity (Wildman–Crippen MR) is 73.8 cm³/mol. The Kier molecular flexibility index (Phi) is 2.61. The number of benzene rings is 1. The van der Waals surface area contributed by atoms with Crippen molar-refractivity contribution >= 4 is 45.9 Å². The van der Waals surface area contributed by atoms with Crippen molar-refractivity contribution in [3.05, 3.63) is 51.2 Å². The molecule has 0 saturated carbocycles. The molecule has 1 aliphatic rings. The Labute approximate surface area is 112 Å². The van der Waals surface area contributed by atoms with Gasteiger partial charge in [-0.25, -0.2) is 0 Å². The first-order chi connectivity index (χ1) is 8.66. The van der Waals surface area contributed by atoms with E-state index >= 15 is 0 Å². The molecule has 0 saturated heterocycles. The van der Waals surface area contributed by atoms with Gasteiger partial charge in [0.2, 0.25) is 0 Å². The van der Waals surface area contributed by atoms with Gasteiger partial charge in [-0.2, -0.15) is 0 Å². The lowest BCUT2D eigenvalue weighted by molar-refractivity contribution is -0.110. The maximum absolute atomic E-state index is 11.9. The summed E-state index contributed by atoms with van der Waals surface area (Å²) in [6, 6.07) is 8.69. The van der Waals surface area contributed by atoms with Crippen molar-refractivity contribution in [1.82, 2.24) is 0 Å². The van der Waals surface area contributed by atoms with Crippen molar-refractivity contribution in [3.8, 4) is 0 Å². The highest BCUT2D eigenvalue weighted by molar-refractivity contribution is 7.11. The molecular weight excluding hydrogens is 270 g/mol. The summed E-state index contributed by atoms with van der Waals surface area (Å²) in [7, 11) is 0. The molecule has 1 amide bonds. The minimum absolute atomic E-state index is 0.0106. The van der Waals surface area contributed by atoms with E-state index in [4.69, 9.17) is 11.6 Å². The van der Waals surface area contributed by atoms with Crippen molar-refractivity contribution in [2.24, 2.45) is 0 Å². The lowest BCUT2D eigenvalue weighted by Gasteiger charge is -2.02. The number of thiophene rings is 1. The maximum atomic E-state index is 11.9. The molecule has 90 valence electrons. The van der Waals surface area contributed by atoms with Crippen LogP contribution >= 0.6 is 22.9 Å². The minimum Gasteiger partial charge on any atom is -0.506 e. The van der Waals surface area contributed by atoms with Crippen LogP contribution in [0.15, 0.2) is 35.7 Å². The molecule has 0 bridgehead atoms. The van der Waals surface area contributed by atoms with E-state index in [0.29, 0.717) is 21.2 Å². The van der Waals surface area contributed by atoms with E-state index < -0.39 is 0 Å². The van der Waals surface area contributed by atoms with E-state index in [-0.39, 0.29) is 17.2 Å².